The highest BCUT2D eigenvalue weighted by Crippen LogP contribution is 2.08. The Labute approximate surface area is 126 Å². The van der Waals surface area contributed by atoms with Crippen LogP contribution < -0.4 is 5.32 Å². The van der Waals surface area contributed by atoms with E-state index < -0.39 is 11.9 Å². The Morgan fingerprint density at radius 2 is 1.86 bits per heavy atom. The van der Waals surface area contributed by atoms with E-state index in [0.29, 0.717) is 12.0 Å². The van der Waals surface area contributed by atoms with Gasteiger partial charge in [0, 0.05) is 18.7 Å². The lowest BCUT2D eigenvalue weighted by atomic mass is 10.0. The molecule has 0 fully saturated rings. The second-order valence-electron chi connectivity index (χ2n) is 5.47. The molecule has 0 spiro atoms. The molecule has 0 bridgehead atoms. The third kappa shape index (κ3) is 5.95. The number of nitrogens with one attached hydrogen (secondary N) is 1. The van der Waals surface area contributed by atoms with Gasteiger partial charge in [-0.3, -0.25) is 9.59 Å². The molecule has 5 nitrogen and oxygen atoms in total. The third-order valence-electron chi connectivity index (χ3n) is 3.21. The summed E-state index contributed by atoms with van der Waals surface area (Å²) in [5.74, 6) is -1.61. The molecule has 2 N–H and O–H groups in total. The first-order valence-corrected chi connectivity index (χ1v) is 7.18. The van der Waals surface area contributed by atoms with Crippen molar-refractivity contribution in [2.45, 2.75) is 26.3 Å². The van der Waals surface area contributed by atoms with E-state index >= 15 is 0 Å². The van der Waals surface area contributed by atoms with Crippen LogP contribution in [0.25, 0.3) is 0 Å². The molecule has 1 unspecified atom stereocenters. The van der Waals surface area contributed by atoms with Crippen LogP contribution in [-0.4, -0.2) is 42.5 Å². The van der Waals surface area contributed by atoms with Gasteiger partial charge >= 0.3 is 5.97 Å². The molecule has 1 rings (SSSR count). The first-order valence-electron chi connectivity index (χ1n) is 7.18. The number of hydrogen-bond donors (Lipinski definition) is 2. The van der Waals surface area contributed by atoms with E-state index in [9.17, 15) is 9.59 Å². The molecule has 5 heteroatoms. The maximum absolute atomic E-state index is 12.0. The maximum atomic E-state index is 12.0. The van der Waals surface area contributed by atoms with Crippen molar-refractivity contribution < 1.29 is 14.7 Å². The minimum atomic E-state index is -0.863. The summed E-state index contributed by atoms with van der Waals surface area (Å²) in [5.41, 5.74) is 1.68. The SMILES string of the molecule is CCCC(CNC(=O)c1ccc(CN(C)C)cc1)C(=O)O. The molecule has 0 aliphatic rings. The Morgan fingerprint density at radius 3 is 2.33 bits per heavy atom. The number of amides is 1. The number of carboxylic acid groups (broad SMARTS) is 1. The number of hydrogen-bond acceptors (Lipinski definition) is 3. The van der Waals surface area contributed by atoms with E-state index in [-0.39, 0.29) is 12.5 Å². The molecule has 1 aromatic carbocycles. The highest BCUT2D eigenvalue weighted by molar-refractivity contribution is 5.94. The van der Waals surface area contributed by atoms with Crippen molar-refractivity contribution in [1.29, 1.82) is 0 Å². The zero-order valence-electron chi connectivity index (χ0n) is 12.9. The Bertz CT molecular complexity index is 469. The molecule has 21 heavy (non-hydrogen) atoms. The summed E-state index contributed by atoms with van der Waals surface area (Å²) >= 11 is 0. The molecule has 0 saturated heterocycles. The van der Waals surface area contributed by atoms with E-state index in [1.54, 1.807) is 12.1 Å². The van der Waals surface area contributed by atoms with Crippen molar-refractivity contribution in [3.8, 4) is 0 Å². The molecule has 116 valence electrons. The summed E-state index contributed by atoms with van der Waals surface area (Å²) in [6, 6.07) is 7.36. The van der Waals surface area contributed by atoms with Crippen LogP contribution >= 0.6 is 0 Å². The number of carboxylic acids is 1. The average molecular weight is 292 g/mol. The quantitative estimate of drug-likeness (QED) is 0.768. The second kappa shape index (κ2) is 8.42. The molecule has 0 radical (unpaired) electrons. The number of benzene rings is 1. The Morgan fingerprint density at radius 1 is 1.24 bits per heavy atom. The van der Waals surface area contributed by atoms with Gasteiger partial charge in [-0.25, -0.2) is 0 Å². The summed E-state index contributed by atoms with van der Waals surface area (Å²) in [6.45, 7) is 2.92. The first kappa shape index (κ1) is 17.2. The number of aliphatic carboxylic acids is 1. The van der Waals surface area contributed by atoms with E-state index in [1.807, 2.05) is 33.2 Å². The van der Waals surface area contributed by atoms with E-state index in [0.717, 1.165) is 18.5 Å². The summed E-state index contributed by atoms with van der Waals surface area (Å²) in [7, 11) is 3.97. The number of nitrogens with zero attached hydrogens (tertiary/aromatic N) is 1. The molecular formula is C16H24N2O3. The van der Waals surface area contributed by atoms with Gasteiger partial charge in [-0.05, 0) is 38.2 Å². The van der Waals surface area contributed by atoms with E-state index in [2.05, 4.69) is 10.2 Å². The van der Waals surface area contributed by atoms with Crippen LogP contribution in [0, 0.1) is 5.92 Å². The molecule has 0 saturated carbocycles. The van der Waals surface area contributed by atoms with E-state index in [4.69, 9.17) is 5.11 Å². The van der Waals surface area contributed by atoms with Crippen LogP contribution in [0.4, 0.5) is 0 Å². The van der Waals surface area contributed by atoms with Gasteiger partial charge in [-0.2, -0.15) is 0 Å². The van der Waals surface area contributed by atoms with Gasteiger partial charge in [0.1, 0.15) is 0 Å². The predicted molar refractivity (Wildman–Crippen MR) is 82.2 cm³/mol. The molecular weight excluding hydrogens is 268 g/mol. The Kier molecular flexibility index (Phi) is 6.88. The van der Waals surface area contributed by atoms with Gasteiger partial charge in [0.15, 0.2) is 0 Å². The summed E-state index contributed by atoms with van der Waals surface area (Å²) in [4.78, 5) is 25.1. The van der Waals surface area contributed by atoms with Crippen molar-refractivity contribution in [3.05, 3.63) is 35.4 Å². The molecule has 0 aliphatic carbocycles. The van der Waals surface area contributed by atoms with Crippen molar-refractivity contribution in [2.24, 2.45) is 5.92 Å². The molecule has 1 atom stereocenters. The summed E-state index contributed by atoms with van der Waals surface area (Å²) in [6.07, 6.45) is 1.35. The third-order valence-corrected chi connectivity index (χ3v) is 3.21. The van der Waals surface area contributed by atoms with Crippen molar-refractivity contribution in [2.75, 3.05) is 20.6 Å². The monoisotopic (exact) mass is 292 g/mol. The van der Waals surface area contributed by atoms with Crippen LogP contribution in [0.1, 0.15) is 35.7 Å². The van der Waals surface area contributed by atoms with Crippen LogP contribution in [0.5, 0.6) is 0 Å². The number of rotatable bonds is 8. The lowest BCUT2D eigenvalue weighted by molar-refractivity contribution is -0.141. The molecule has 0 aromatic heterocycles. The normalized spacial score (nSPS) is 12.2. The highest BCUT2D eigenvalue weighted by Gasteiger charge is 2.17. The van der Waals surface area contributed by atoms with Crippen molar-refractivity contribution in [3.63, 3.8) is 0 Å². The van der Waals surface area contributed by atoms with Gasteiger partial charge in [-0.15, -0.1) is 0 Å². The second-order valence-corrected chi connectivity index (χ2v) is 5.47. The molecule has 0 heterocycles. The van der Waals surface area contributed by atoms with Gasteiger partial charge in [0.25, 0.3) is 5.91 Å². The zero-order valence-corrected chi connectivity index (χ0v) is 12.9. The summed E-state index contributed by atoms with van der Waals surface area (Å²) < 4.78 is 0. The van der Waals surface area contributed by atoms with E-state index in [1.165, 1.54) is 0 Å². The lowest BCUT2D eigenvalue weighted by Crippen LogP contribution is -2.32. The van der Waals surface area contributed by atoms with Crippen molar-refractivity contribution >= 4 is 11.9 Å². The molecule has 0 aliphatic heterocycles. The van der Waals surface area contributed by atoms with Crippen LogP contribution in [0.2, 0.25) is 0 Å². The molecule has 1 amide bonds. The van der Waals surface area contributed by atoms with Gasteiger partial charge in [-0.1, -0.05) is 25.5 Å². The average Bonchev–Trinajstić information content (AvgIpc) is 2.43. The topological polar surface area (TPSA) is 69.6 Å². The number of carbonyl (C=O) groups is 2. The minimum absolute atomic E-state index is 0.168. The van der Waals surface area contributed by atoms with Crippen LogP contribution in [0.15, 0.2) is 24.3 Å². The fraction of sp³-hybridized carbons (Fsp3) is 0.500. The number of carbonyl (C=O) groups excluding carboxylic acids is 1. The standard InChI is InChI=1S/C16H24N2O3/c1-4-5-14(16(20)21)10-17-15(19)13-8-6-12(7-9-13)11-18(2)3/h6-9,14H,4-5,10-11H2,1-3H3,(H,17,19)(H,20,21). The fourth-order valence-corrected chi connectivity index (χ4v) is 2.11. The van der Waals surface area contributed by atoms with Gasteiger partial charge in [0.05, 0.1) is 5.92 Å². The fourth-order valence-electron chi connectivity index (χ4n) is 2.11. The van der Waals surface area contributed by atoms with Gasteiger partial charge < -0.3 is 15.3 Å². The molecule has 1 aromatic rings. The summed E-state index contributed by atoms with van der Waals surface area (Å²) in [5, 5.41) is 11.7. The van der Waals surface area contributed by atoms with Gasteiger partial charge in [0.2, 0.25) is 0 Å². The van der Waals surface area contributed by atoms with Crippen molar-refractivity contribution in [1.82, 2.24) is 10.2 Å². The predicted octanol–water partition coefficient (Wildman–Crippen LogP) is 1.98. The smallest absolute Gasteiger partial charge is 0.308 e. The largest absolute Gasteiger partial charge is 0.481 e. The van der Waals surface area contributed by atoms with Crippen LogP contribution in [-0.2, 0) is 11.3 Å². The maximum Gasteiger partial charge on any atom is 0.308 e. The lowest BCUT2D eigenvalue weighted by Gasteiger charge is -2.13. The van der Waals surface area contributed by atoms with Crippen LogP contribution in [0.3, 0.4) is 0 Å². The highest BCUT2D eigenvalue weighted by atomic mass is 16.4. The first-order chi connectivity index (χ1) is 9.93. The Hall–Kier alpha value is -1.88. The Balaban J connectivity index is 2.57. The minimum Gasteiger partial charge on any atom is -0.481 e. The zero-order chi connectivity index (χ0) is 15.8.